The summed E-state index contributed by atoms with van der Waals surface area (Å²) in [5.41, 5.74) is 2.56. The van der Waals surface area contributed by atoms with Crippen molar-refractivity contribution in [1.82, 2.24) is 4.98 Å². The number of ether oxygens (including phenoxy) is 1. The van der Waals surface area contributed by atoms with Crippen LogP contribution >= 0.6 is 0 Å². The summed E-state index contributed by atoms with van der Waals surface area (Å²) in [6.45, 7) is 2.48. The highest BCUT2D eigenvalue weighted by atomic mass is 16.5. The van der Waals surface area contributed by atoms with Crippen LogP contribution in [0.3, 0.4) is 0 Å². The number of nitriles is 1. The zero-order valence-electron chi connectivity index (χ0n) is 9.55. The highest BCUT2D eigenvalue weighted by Crippen LogP contribution is 2.13. The second kappa shape index (κ2) is 5.13. The summed E-state index contributed by atoms with van der Waals surface area (Å²) in [6.07, 6.45) is 1.62. The average molecular weight is 224 g/mol. The number of nitrogens with zero attached hydrogens (tertiary/aromatic N) is 2. The van der Waals surface area contributed by atoms with Crippen molar-refractivity contribution in [1.29, 1.82) is 5.26 Å². The van der Waals surface area contributed by atoms with Gasteiger partial charge in [0.15, 0.2) is 0 Å². The first-order valence-electron chi connectivity index (χ1n) is 5.32. The van der Waals surface area contributed by atoms with Gasteiger partial charge in [0.1, 0.15) is 24.1 Å². The van der Waals surface area contributed by atoms with Crippen LogP contribution in [0.25, 0.3) is 0 Å². The van der Waals surface area contributed by atoms with Crippen molar-refractivity contribution in [3.05, 3.63) is 59.4 Å². The van der Waals surface area contributed by atoms with Crippen LogP contribution in [0.5, 0.6) is 5.75 Å². The molecule has 0 N–H and O–H groups in total. The third kappa shape index (κ3) is 3.05. The standard InChI is InChI=1S/C14H12N2O/c1-11-2-4-14(5-3-11)17-10-12-6-7-16-13(8-12)9-15/h2-8H,10H2,1H3. The minimum atomic E-state index is 0.412. The summed E-state index contributed by atoms with van der Waals surface area (Å²) in [5, 5.41) is 8.72. The molecule has 0 unspecified atom stereocenters. The minimum absolute atomic E-state index is 0.412. The molecule has 0 spiro atoms. The van der Waals surface area contributed by atoms with E-state index in [4.69, 9.17) is 10.00 Å². The Hall–Kier alpha value is -2.34. The van der Waals surface area contributed by atoms with E-state index < -0.39 is 0 Å². The molecule has 0 fully saturated rings. The molecule has 0 radical (unpaired) electrons. The van der Waals surface area contributed by atoms with Crippen LogP contribution in [0, 0.1) is 18.3 Å². The number of hydrogen-bond acceptors (Lipinski definition) is 3. The number of benzene rings is 1. The van der Waals surface area contributed by atoms with Crippen LogP contribution in [0.4, 0.5) is 0 Å². The monoisotopic (exact) mass is 224 g/mol. The van der Waals surface area contributed by atoms with Gasteiger partial charge in [0.25, 0.3) is 0 Å². The molecule has 3 nitrogen and oxygen atoms in total. The summed E-state index contributed by atoms with van der Waals surface area (Å²) in [5.74, 6) is 0.825. The second-order valence-electron chi connectivity index (χ2n) is 3.76. The Morgan fingerprint density at radius 1 is 1.24 bits per heavy atom. The Labute approximate surface area is 100 Å². The SMILES string of the molecule is Cc1ccc(OCc2ccnc(C#N)c2)cc1. The predicted octanol–water partition coefficient (Wildman–Crippen LogP) is 2.84. The first-order valence-corrected chi connectivity index (χ1v) is 5.32. The van der Waals surface area contributed by atoms with Crippen LogP contribution < -0.4 is 4.74 Å². The Kier molecular flexibility index (Phi) is 3.37. The maximum Gasteiger partial charge on any atom is 0.140 e. The molecule has 0 saturated carbocycles. The number of pyridine rings is 1. The van der Waals surface area contributed by atoms with Crippen LogP contribution in [-0.4, -0.2) is 4.98 Å². The fraction of sp³-hybridized carbons (Fsp3) is 0.143. The summed E-state index contributed by atoms with van der Waals surface area (Å²) < 4.78 is 5.61. The van der Waals surface area contributed by atoms with Crippen molar-refractivity contribution in [3.8, 4) is 11.8 Å². The minimum Gasteiger partial charge on any atom is -0.489 e. The van der Waals surface area contributed by atoms with E-state index in [0.717, 1.165) is 11.3 Å². The van der Waals surface area contributed by atoms with Gasteiger partial charge in [-0.2, -0.15) is 5.26 Å². The van der Waals surface area contributed by atoms with Gasteiger partial charge < -0.3 is 4.74 Å². The quantitative estimate of drug-likeness (QED) is 0.805. The van der Waals surface area contributed by atoms with E-state index in [1.807, 2.05) is 43.3 Å². The van der Waals surface area contributed by atoms with Gasteiger partial charge in [0.05, 0.1) is 0 Å². The van der Waals surface area contributed by atoms with Crippen LogP contribution in [0.15, 0.2) is 42.6 Å². The van der Waals surface area contributed by atoms with Crippen LogP contribution in [-0.2, 0) is 6.61 Å². The average Bonchev–Trinajstić information content (AvgIpc) is 2.38. The topological polar surface area (TPSA) is 45.9 Å². The van der Waals surface area contributed by atoms with Gasteiger partial charge >= 0.3 is 0 Å². The summed E-state index contributed by atoms with van der Waals surface area (Å²) >= 11 is 0. The lowest BCUT2D eigenvalue weighted by Gasteiger charge is -2.06. The van der Waals surface area contributed by atoms with Gasteiger partial charge in [0, 0.05) is 6.20 Å². The van der Waals surface area contributed by atoms with Gasteiger partial charge in [-0.1, -0.05) is 17.7 Å². The Balaban J connectivity index is 2.02. The lowest BCUT2D eigenvalue weighted by atomic mass is 10.2. The zero-order chi connectivity index (χ0) is 12.1. The number of hydrogen-bond donors (Lipinski definition) is 0. The fourth-order valence-electron chi connectivity index (χ4n) is 1.43. The van der Waals surface area contributed by atoms with Gasteiger partial charge in [-0.15, -0.1) is 0 Å². The first-order chi connectivity index (χ1) is 8.28. The smallest absolute Gasteiger partial charge is 0.140 e. The largest absolute Gasteiger partial charge is 0.489 e. The molecule has 2 rings (SSSR count). The Bertz CT molecular complexity index is 541. The molecule has 1 aromatic carbocycles. The number of aromatic nitrogens is 1. The van der Waals surface area contributed by atoms with E-state index in [1.165, 1.54) is 5.56 Å². The molecule has 0 aliphatic carbocycles. The lowest BCUT2D eigenvalue weighted by Crippen LogP contribution is -1.96. The third-order valence-corrected chi connectivity index (χ3v) is 2.37. The number of aryl methyl sites for hydroxylation is 1. The van der Waals surface area contributed by atoms with Crippen LogP contribution in [0.1, 0.15) is 16.8 Å². The molecule has 0 amide bonds. The van der Waals surface area contributed by atoms with Crippen molar-refractivity contribution < 1.29 is 4.74 Å². The summed E-state index contributed by atoms with van der Waals surface area (Å²) in [6, 6.07) is 13.4. The second-order valence-corrected chi connectivity index (χ2v) is 3.76. The van der Waals surface area contributed by atoms with E-state index in [1.54, 1.807) is 12.3 Å². The maximum absolute atomic E-state index is 8.72. The van der Waals surface area contributed by atoms with Gasteiger partial charge in [-0.25, -0.2) is 4.98 Å². The molecule has 0 saturated heterocycles. The van der Waals surface area contributed by atoms with Gasteiger partial charge in [0.2, 0.25) is 0 Å². The van der Waals surface area contributed by atoms with Crippen molar-refractivity contribution in [3.63, 3.8) is 0 Å². The third-order valence-electron chi connectivity index (χ3n) is 2.37. The molecule has 0 atom stereocenters. The van der Waals surface area contributed by atoms with Crippen LogP contribution in [0.2, 0.25) is 0 Å². The van der Waals surface area contributed by atoms with Gasteiger partial charge in [-0.05, 0) is 36.8 Å². The van der Waals surface area contributed by atoms with E-state index in [-0.39, 0.29) is 0 Å². The van der Waals surface area contributed by atoms with Crippen molar-refractivity contribution in [2.45, 2.75) is 13.5 Å². The molecule has 84 valence electrons. The first kappa shape index (κ1) is 11.2. The maximum atomic E-state index is 8.72. The summed E-state index contributed by atoms with van der Waals surface area (Å²) in [7, 11) is 0. The summed E-state index contributed by atoms with van der Waals surface area (Å²) in [4.78, 5) is 3.91. The predicted molar refractivity (Wildman–Crippen MR) is 64.5 cm³/mol. The number of rotatable bonds is 3. The van der Waals surface area contributed by atoms with Crippen molar-refractivity contribution in [2.75, 3.05) is 0 Å². The molecule has 2 aromatic rings. The molecule has 0 bridgehead atoms. The van der Waals surface area contributed by atoms with E-state index in [2.05, 4.69) is 4.98 Å². The molecular weight excluding hydrogens is 212 g/mol. The van der Waals surface area contributed by atoms with Gasteiger partial charge in [-0.3, -0.25) is 0 Å². The molecule has 0 aliphatic rings. The van der Waals surface area contributed by atoms with E-state index >= 15 is 0 Å². The fourth-order valence-corrected chi connectivity index (χ4v) is 1.43. The molecule has 1 heterocycles. The molecule has 0 aliphatic heterocycles. The normalized spacial score (nSPS) is 9.65. The molecule has 17 heavy (non-hydrogen) atoms. The lowest BCUT2D eigenvalue weighted by molar-refractivity contribution is 0.306. The highest BCUT2D eigenvalue weighted by molar-refractivity contribution is 5.28. The molecule has 1 aromatic heterocycles. The molecular formula is C14H12N2O. The van der Waals surface area contributed by atoms with E-state index in [0.29, 0.717) is 12.3 Å². The Morgan fingerprint density at radius 2 is 2.00 bits per heavy atom. The highest BCUT2D eigenvalue weighted by Gasteiger charge is 1.98. The van der Waals surface area contributed by atoms with Crippen molar-refractivity contribution >= 4 is 0 Å². The molecule has 3 heteroatoms. The van der Waals surface area contributed by atoms with Crippen molar-refractivity contribution in [2.24, 2.45) is 0 Å². The Morgan fingerprint density at radius 3 is 2.71 bits per heavy atom. The zero-order valence-corrected chi connectivity index (χ0v) is 9.55. The van der Waals surface area contributed by atoms with E-state index in [9.17, 15) is 0 Å².